The Morgan fingerprint density at radius 3 is 2.76 bits per heavy atom. The summed E-state index contributed by atoms with van der Waals surface area (Å²) in [4.78, 5) is 9.93. The normalized spacial score (nSPS) is 20.3. The van der Waals surface area contributed by atoms with Gasteiger partial charge in [-0.2, -0.15) is 4.39 Å². The molecule has 0 radical (unpaired) electrons. The average molecular weight is 286 g/mol. The second kappa shape index (κ2) is 4.93. The van der Waals surface area contributed by atoms with E-state index >= 15 is 0 Å². The number of benzene rings is 2. The summed E-state index contributed by atoms with van der Waals surface area (Å²) in [6.45, 7) is 0. The highest BCUT2D eigenvalue weighted by atomic mass is 19.1. The van der Waals surface area contributed by atoms with Crippen LogP contribution in [0, 0.1) is 15.9 Å². The zero-order valence-electron chi connectivity index (χ0n) is 11.4. The Morgan fingerprint density at radius 2 is 2.05 bits per heavy atom. The van der Waals surface area contributed by atoms with Crippen LogP contribution in [-0.4, -0.2) is 4.92 Å². The Morgan fingerprint density at radius 1 is 1.29 bits per heavy atom. The number of nitro groups is 1. The number of nitrogens with two attached hydrogens (primary N) is 1. The lowest BCUT2D eigenvalue weighted by atomic mass is 9.86. The van der Waals surface area contributed by atoms with Crippen LogP contribution in [0.5, 0.6) is 0 Å². The molecular weight excluding hydrogens is 271 g/mol. The Hall–Kier alpha value is -2.27. The molecule has 3 rings (SSSR count). The molecule has 21 heavy (non-hydrogen) atoms. The highest BCUT2D eigenvalue weighted by Gasteiger charge is 2.35. The van der Waals surface area contributed by atoms with Crippen LogP contribution >= 0.6 is 0 Å². The number of hydrogen-bond donors (Lipinski definition) is 1. The summed E-state index contributed by atoms with van der Waals surface area (Å²) in [5, 5.41) is 10.6. The van der Waals surface area contributed by atoms with Crippen LogP contribution < -0.4 is 5.73 Å². The summed E-state index contributed by atoms with van der Waals surface area (Å²) in [5.74, 6) is -0.813. The van der Waals surface area contributed by atoms with Crippen molar-refractivity contribution in [3.05, 3.63) is 75.1 Å². The smallest absolute Gasteiger partial charge is 0.304 e. The Bertz CT molecular complexity index is 717. The lowest BCUT2D eigenvalue weighted by Gasteiger charge is -2.25. The molecule has 0 saturated heterocycles. The first-order valence-electron chi connectivity index (χ1n) is 6.80. The predicted octanol–water partition coefficient (Wildman–Crippen LogP) is 3.08. The van der Waals surface area contributed by atoms with Gasteiger partial charge in [0, 0.05) is 11.6 Å². The summed E-state index contributed by atoms with van der Waals surface area (Å²) in [6.07, 6.45) is 2.17. The first-order valence-corrected chi connectivity index (χ1v) is 6.80. The van der Waals surface area contributed by atoms with E-state index in [1.165, 1.54) is 17.7 Å². The van der Waals surface area contributed by atoms with E-state index in [-0.39, 0.29) is 0 Å². The van der Waals surface area contributed by atoms with E-state index in [9.17, 15) is 14.5 Å². The van der Waals surface area contributed by atoms with Gasteiger partial charge >= 0.3 is 5.69 Å². The van der Waals surface area contributed by atoms with Gasteiger partial charge in [-0.05, 0) is 42.0 Å². The van der Waals surface area contributed by atoms with Crippen molar-refractivity contribution >= 4 is 5.69 Å². The van der Waals surface area contributed by atoms with Crippen molar-refractivity contribution in [1.82, 2.24) is 0 Å². The van der Waals surface area contributed by atoms with Gasteiger partial charge in [0.2, 0.25) is 5.82 Å². The van der Waals surface area contributed by atoms with Crippen molar-refractivity contribution in [2.45, 2.75) is 24.8 Å². The molecule has 4 nitrogen and oxygen atoms in total. The van der Waals surface area contributed by atoms with Crippen molar-refractivity contribution in [3.63, 3.8) is 0 Å². The van der Waals surface area contributed by atoms with Gasteiger partial charge in [-0.15, -0.1) is 0 Å². The highest BCUT2D eigenvalue weighted by Crippen LogP contribution is 2.37. The average Bonchev–Trinajstić information content (AvgIpc) is 2.76. The lowest BCUT2D eigenvalue weighted by Crippen LogP contribution is -2.36. The van der Waals surface area contributed by atoms with Crippen LogP contribution in [0.3, 0.4) is 0 Å². The molecule has 0 amide bonds. The largest absolute Gasteiger partial charge is 0.321 e. The van der Waals surface area contributed by atoms with Gasteiger partial charge in [-0.1, -0.05) is 30.3 Å². The maximum absolute atomic E-state index is 13.7. The number of fused-ring (bicyclic) bond motifs is 1. The summed E-state index contributed by atoms with van der Waals surface area (Å²) in [5.41, 5.74) is 8.45. The Labute approximate surface area is 121 Å². The first kappa shape index (κ1) is 13.7. The molecule has 2 N–H and O–H groups in total. The zero-order chi connectivity index (χ0) is 15.0. The quantitative estimate of drug-likeness (QED) is 0.696. The van der Waals surface area contributed by atoms with Crippen molar-refractivity contribution in [2.75, 3.05) is 0 Å². The number of nitrogens with zero attached hydrogens (tertiary/aromatic N) is 1. The van der Waals surface area contributed by atoms with Crippen LogP contribution in [0.25, 0.3) is 0 Å². The fraction of sp³-hybridized carbons (Fsp3) is 0.250. The molecule has 0 aromatic heterocycles. The zero-order valence-corrected chi connectivity index (χ0v) is 11.4. The van der Waals surface area contributed by atoms with Gasteiger partial charge in [0.25, 0.3) is 0 Å². The minimum atomic E-state index is -0.813. The first-order chi connectivity index (χ1) is 9.99. The number of nitro benzene ring substituents is 1. The highest BCUT2D eigenvalue weighted by molar-refractivity contribution is 5.41. The Balaban J connectivity index is 1.91. The van der Waals surface area contributed by atoms with E-state index in [4.69, 9.17) is 5.73 Å². The van der Waals surface area contributed by atoms with E-state index in [1.54, 1.807) is 6.07 Å². The van der Waals surface area contributed by atoms with Crippen molar-refractivity contribution in [1.29, 1.82) is 0 Å². The monoisotopic (exact) mass is 286 g/mol. The van der Waals surface area contributed by atoms with Crippen molar-refractivity contribution in [2.24, 2.45) is 5.73 Å². The summed E-state index contributed by atoms with van der Waals surface area (Å²) in [7, 11) is 0. The molecule has 1 unspecified atom stereocenters. The molecule has 0 bridgehead atoms. The Kier molecular flexibility index (Phi) is 3.22. The number of halogens is 1. The standard InChI is InChI=1S/C16H15FN2O2/c17-14-9-11(5-6-15(14)19(20)21)10-16(18)8-7-12-3-1-2-4-13(12)16/h1-6,9H,7-8,10,18H2. The molecule has 1 aliphatic rings. The third kappa shape index (κ3) is 2.40. The van der Waals surface area contributed by atoms with Gasteiger partial charge in [0.1, 0.15) is 0 Å². The van der Waals surface area contributed by atoms with Gasteiger partial charge in [0.15, 0.2) is 0 Å². The van der Waals surface area contributed by atoms with Gasteiger partial charge in [-0.25, -0.2) is 0 Å². The molecule has 2 aromatic rings. The molecule has 1 aliphatic carbocycles. The molecule has 0 aliphatic heterocycles. The van der Waals surface area contributed by atoms with Crippen LogP contribution in [-0.2, 0) is 18.4 Å². The summed E-state index contributed by atoms with van der Waals surface area (Å²) in [6, 6.07) is 12.0. The fourth-order valence-electron chi connectivity index (χ4n) is 3.07. The molecule has 0 heterocycles. The second-order valence-corrected chi connectivity index (χ2v) is 5.53. The van der Waals surface area contributed by atoms with Crippen LogP contribution in [0.15, 0.2) is 42.5 Å². The minimum Gasteiger partial charge on any atom is -0.321 e. The van der Waals surface area contributed by atoms with Crippen molar-refractivity contribution in [3.8, 4) is 0 Å². The van der Waals surface area contributed by atoms with E-state index < -0.39 is 22.0 Å². The maximum atomic E-state index is 13.7. The topological polar surface area (TPSA) is 69.2 Å². The second-order valence-electron chi connectivity index (χ2n) is 5.53. The molecule has 0 spiro atoms. The summed E-state index contributed by atoms with van der Waals surface area (Å²) < 4.78 is 13.7. The summed E-state index contributed by atoms with van der Waals surface area (Å²) >= 11 is 0. The number of rotatable bonds is 3. The van der Waals surface area contributed by atoms with Crippen LogP contribution in [0.2, 0.25) is 0 Å². The predicted molar refractivity (Wildman–Crippen MR) is 77.4 cm³/mol. The lowest BCUT2D eigenvalue weighted by molar-refractivity contribution is -0.387. The molecule has 5 heteroatoms. The number of hydrogen-bond acceptors (Lipinski definition) is 3. The van der Waals surface area contributed by atoms with E-state index in [0.717, 1.165) is 18.4 Å². The molecule has 2 aromatic carbocycles. The van der Waals surface area contributed by atoms with E-state index in [1.807, 2.05) is 18.2 Å². The van der Waals surface area contributed by atoms with E-state index in [2.05, 4.69) is 6.07 Å². The molecular formula is C16H15FN2O2. The molecule has 0 fully saturated rings. The van der Waals surface area contributed by atoms with Gasteiger partial charge in [-0.3, -0.25) is 10.1 Å². The number of aryl methyl sites for hydroxylation is 1. The van der Waals surface area contributed by atoms with E-state index in [0.29, 0.717) is 12.0 Å². The van der Waals surface area contributed by atoms with Crippen molar-refractivity contribution < 1.29 is 9.31 Å². The van der Waals surface area contributed by atoms with Crippen LogP contribution in [0.4, 0.5) is 10.1 Å². The maximum Gasteiger partial charge on any atom is 0.304 e. The van der Waals surface area contributed by atoms with Gasteiger partial charge in [0.05, 0.1) is 4.92 Å². The van der Waals surface area contributed by atoms with Crippen LogP contribution in [0.1, 0.15) is 23.1 Å². The molecule has 108 valence electrons. The molecule has 1 atom stereocenters. The van der Waals surface area contributed by atoms with Gasteiger partial charge < -0.3 is 5.73 Å². The fourth-order valence-corrected chi connectivity index (χ4v) is 3.07. The SMILES string of the molecule is NC1(Cc2ccc([N+](=O)[O-])c(F)c2)CCc2ccccc21. The third-order valence-corrected chi connectivity index (χ3v) is 4.12. The molecule has 0 saturated carbocycles. The minimum absolute atomic E-state index is 0.471. The third-order valence-electron chi connectivity index (χ3n) is 4.12.